The van der Waals surface area contributed by atoms with Gasteiger partial charge in [0.2, 0.25) is 0 Å². The topological polar surface area (TPSA) is 53.5 Å². The number of hydrogen-bond acceptors (Lipinski definition) is 3. The van der Waals surface area contributed by atoms with Crippen molar-refractivity contribution in [3.8, 4) is 11.1 Å². The summed E-state index contributed by atoms with van der Waals surface area (Å²) >= 11 is 0. The fraction of sp³-hybridized carbons (Fsp3) is 0.167. The van der Waals surface area contributed by atoms with Crippen molar-refractivity contribution in [1.82, 2.24) is 5.43 Å². The molecule has 0 aliphatic carbocycles. The summed E-state index contributed by atoms with van der Waals surface area (Å²) < 4.78 is 0. The van der Waals surface area contributed by atoms with Gasteiger partial charge in [-0.3, -0.25) is 4.79 Å². The molecule has 3 aromatic rings. The number of benzene rings is 3. The Balaban J connectivity index is 1.61. The Labute approximate surface area is 166 Å². The summed E-state index contributed by atoms with van der Waals surface area (Å²) in [5, 5.41) is 7.47. The Bertz CT molecular complexity index is 947. The second kappa shape index (κ2) is 9.51. The summed E-state index contributed by atoms with van der Waals surface area (Å²) in [6, 6.07) is 26.4. The molecule has 0 bridgehead atoms. The van der Waals surface area contributed by atoms with Gasteiger partial charge in [-0.1, -0.05) is 79.7 Å². The molecule has 0 saturated carbocycles. The quantitative estimate of drug-likeness (QED) is 0.453. The zero-order chi connectivity index (χ0) is 19.8. The number of hydrogen-bond donors (Lipinski definition) is 2. The number of nitrogens with one attached hydrogen (secondary N) is 2. The maximum absolute atomic E-state index is 12.1. The molecule has 0 aromatic heterocycles. The van der Waals surface area contributed by atoms with E-state index in [1.165, 1.54) is 5.56 Å². The highest BCUT2D eigenvalue weighted by Gasteiger charge is 2.05. The van der Waals surface area contributed by atoms with E-state index in [9.17, 15) is 4.79 Å². The molecular formula is C24H25N3O. The van der Waals surface area contributed by atoms with Crippen molar-refractivity contribution in [1.29, 1.82) is 0 Å². The van der Waals surface area contributed by atoms with Crippen LogP contribution in [0.4, 0.5) is 5.69 Å². The minimum absolute atomic E-state index is 0.171. The molecule has 142 valence electrons. The first-order chi connectivity index (χ1) is 13.7. The van der Waals surface area contributed by atoms with Crippen LogP contribution in [0.25, 0.3) is 11.1 Å². The summed E-state index contributed by atoms with van der Waals surface area (Å²) in [6.45, 7) is 4.21. The second-order valence-electron chi connectivity index (χ2n) is 6.56. The third kappa shape index (κ3) is 5.07. The number of aryl methyl sites for hydroxylation is 1. The van der Waals surface area contributed by atoms with Crippen LogP contribution in [0.1, 0.15) is 24.5 Å². The van der Waals surface area contributed by atoms with Crippen molar-refractivity contribution in [3.63, 3.8) is 0 Å². The van der Waals surface area contributed by atoms with Crippen LogP contribution in [0.2, 0.25) is 0 Å². The number of rotatable bonds is 7. The lowest BCUT2D eigenvalue weighted by molar-refractivity contribution is -0.119. The van der Waals surface area contributed by atoms with Crippen LogP contribution < -0.4 is 10.7 Å². The van der Waals surface area contributed by atoms with Gasteiger partial charge in [0.15, 0.2) is 0 Å². The van der Waals surface area contributed by atoms with E-state index in [1.54, 1.807) is 0 Å². The molecule has 4 nitrogen and oxygen atoms in total. The first-order valence-corrected chi connectivity index (χ1v) is 9.48. The average molecular weight is 371 g/mol. The van der Waals surface area contributed by atoms with Gasteiger partial charge in [0, 0.05) is 5.69 Å². The number of nitrogens with zero attached hydrogens (tertiary/aromatic N) is 1. The number of hydrazone groups is 1. The highest BCUT2D eigenvalue weighted by Crippen LogP contribution is 2.20. The summed E-state index contributed by atoms with van der Waals surface area (Å²) in [6.07, 6.45) is 0.732. The van der Waals surface area contributed by atoms with Gasteiger partial charge in [0.1, 0.15) is 0 Å². The highest BCUT2D eigenvalue weighted by molar-refractivity contribution is 6.01. The minimum Gasteiger partial charge on any atom is -0.376 e. The molecule has 4 heteroatoms. The maximum Gasteiger partial charge on any atom is 0.259 e. The van der Waals surface area contributed by atoms with Crippen molar-refractivity contribution in [2.24, 2.45) is 5.10 Å². The molecule has 0 fully saturated rings. The molecule has 1 amide bonds. The van der Waals surface area contributed by atoms with E-state index in [0.29, 0.717) is 0 Å². The van der Waals surface area contributed by atoms with Gasteiger partial charge >= 0.3 is 0 Å². The molecule has 0 heterocycles. The van der Waals surface area contributed by atoms with Crippen molar-refractivity contribution in [2.45, 2.75) is 20.3 Å². The second-order valence-corrected chi connectivity index (χ2v) is 6.56. The van der Waals surface area contributed by atoms with Crippen molar-refractivity contribution in [2.75, 3.05) is 11.9 Å². The van der Waals surface area contributed by atoms with E-state index in [4.69, 9.17) is 0 Å². The summed E-state index contributed by atoms with van der Waals surface area (Å²) in [5.41, 5.74) is 8.91. The Hall–Kier alpha value is -3.40. The number of anilines is 1. The van der Waals surface area contributed by atoms with E-state index < -0.39 is 0 Å². The van der Waals surface area contributed by atoms with E-state index in [-0.39, 0.29) is 12.5 Å². The van der Waals surface area contributed by atoms with Crippen LogP contribution in [0.3, 0.4) is 0 Å². The van der Waals surface area contributed by atoms with E-state index in [2.05, 4.69) is 40.1 Å². The van der Waals surface area contributed by atoms with Crippen LogP contribution in [-0.4, -0.2) is 18.2 Å². The first kappa shape index (κ1) is 19.4. The minimum atomic E-state index is -0.171. The highest BCUT2D eigenvalue weighted by atomic mass is 16.2. The molecule has 3 aromatic carbocycles. The Morgan fingerprint density at radius 3 is 2.18 bits per heavy atom. The monoisotopic (exact) mass is 371 g/mol. The lowest BCUT2D eigenvalue weighted by atomic mass is 10.0. The fourth-order valence-electron chi connectivity index (χ4n) is 2.95. The molecule has 3 rings (SSSR count). The van der Waals surface area contributed by atoms with Crippen LogP contribution in [-0.2, 0) is 4.79 Å². The molecular weight excluding hydrogens is 346 g/mol. The smallest absolute Gasteiger partial charge is 0.259 e. The molecule has 0 saturated heterocycles. The molecule has 0 atom stereocenters. The van der Waals surface area contributed by atoms with Crippen LogP contribution in [0.15, 0.2) is 84.0 Å². The van der Waals surface area contributed by atoms with E-state index in [1.807, 2.05) is 68.4 Å². The number of carbonyl (C=O) groups excluding carboxylic acids is 1. The average Bonchev–Trinajstić information content (AvgIpc) is 2.75. The van der Waals surface area contributed by atoms with Gasteiger partial charge < -0.3 is 5.32 Å². The predicted octanol–water partition coefficient (Wildman–Crippen LogP) is 5.00. The number of amides is 1. The van der Waals surface area contributed by atoms with Gasteiger partial charge in [-0.2, -0.15) is 5.10 Å². The van der Waals surface area contributed by atoms with Crippen LogP contribution in [0, 0.1) is 6.92 Å². The Morgan fingerprint density at radius 1 is 0.857 bits per heavy atom. The SMILES string of the molecule is CC/C(=N\NC(=O)CNc1ccccc1C)c1ccc(-c2ccccc2)cc1. The third-order valence-corrected chi connectivity index (χ3v) is 4.56. The molecule has 28 heavy (non-hydrogen) atoms. The van der Waals surface area contributed by atoms with Gasteiger partial charge in [-0.05, 0) is 41.7 Å². The fourth-order valence-corrected chi connectivity index (χ4v) is 2.95. The first-order valence-electron chi connectivity index (χ1n) is 9.48. The summed E-state index contributed by atoms with van der Waals surface area (Å²) in [4.78, 5) is 12.1. The largest absolute Gasteiger partial charge is 0.376 e. The molecule has 0 unspecified atom stereocenters. The lowest BCUT2D eigenvalue weighted by Crippen LogP contribution is -2.27. The molecule has 2 N–H and O–H groups in total. The maximum atomic E-state index is 12.1. The van der Waals surface area contributed by atoms with Gasteiger partial charge in [-0.15, -0.1) is 0 Å². The number of carbonyl (C=O) groups is 1. The summed E-state index contributed by atoms with van der Waals surface area (Å²) in [7, 11) is 0. The van der Waals surface area contributed by atoms with Crippen molar-refractivity contribution >= 4 is 17.3 Å². The zero-order valence-electron chi connectivity index (χ0n) is 16.3. The Kier molecular flexibility index (Phi) is 6.58. The van der Waals surface area contributed by atoms with Gasteiger partial charge in [0.25, 0.3) is 5.91 Å². The van der Waals surface area contributed by atoms with Crippen LogP contribution >= 0.6 is 0 Å². The third-order valence-electron chi connectivity index (χ3n) is 4.56. The van der Waals surface area contributed by atoms with E-state index >= 15 is 0 Å². The van der Waals surface area contributed by atoms with Crippen LogP contribution in [0.5, 0.6) is 0 Å². The summed E-state index contributed by atoms with van der Waals surface area (Å²) in [5.74, 6) is -0.171. The Morgan fingerprint density at radius 2 is 1.50 bits per heavy atom. The van der Waals surface area contributed by atoms with E-state index in [0.717, 1.165) is 34.5 Å². The van der Waals surface area contributed by atoms with Gasteiger partial charge in [-0.25, -0.2) is 5.43 Å². The van der Waals surface area contributed by atoms with Crippen molar-refractivity contribution in [3.05, 3.63) is 90.0 Å². The normalized spacial score (nSPS) is 11.1. The van der Waals surface area contributed by atoms with Gasteiger partial charge in [0.05, 0.1) is 12.3 Å². The zero-order valence-corrected chi connectivity index (χ0v) is 16.3. The molecule has 0 aliphatic heterocycles. The molecule has 0 spiro atoms. The van der Waals surface area contributed by atoms with Crippen molar-refractivity contribution < 1.29 is 4.79 Å². The predicted molar refractivity (Wildman–Crippen MR) is 117 cm³/mol. The molecule has 0 aliphatic rings. The molecule has 0 radical (unpaired) electrons. The lowest BCUT2D eigenvalue weighted by Gasteiger charge is -2.09. The number of para-hydroxylation sites is 1. The standard InChI is InChI=1S/C24H25N3O/c1-3-22(21-15-13-20(14-16-21)19-10-5-4-6-11-19)26-27-24(28)17-25-23-12-8-7-9-18(23)2/h4-16,25H,3,17H2,1-2H3,(H,27,28)/b26-22+.